The van der Waals surface area contributed by atoms with Gasteiger partial charge >= 0.3 is 0 Å². The van der Waals surface area contributed by atoms with Crippen molar-refractivity contribution < 1.29 is 14.4 Å². The lowest BCUT2D eigenvalue weighted by Crippen LogP contribution is -2.42. The highest BCUT2D eigenvalue weighted by Crippen LogP contribution is 2.20. The fraction of sp³-hybridized carbons (Fsp3) is 0.300. The highest BCUT2D eigenvalue weighted by atomic mass is 16.2. The number of benzene rings is 1. The van der Waals surface area contributed by atoms with Crippen molar-refractivity contribution in [3.8, 4) is 0 Å². The fourth-order valence-electron chi connectivity index (χ4n) is 3.13. The molecule has 1 aromatic heterocycles. The summed E-state index contributed by atoms with van der Waals surface area (Å²) in [5, 5.41) is 2.72. The van der Waals surface area contributed by atoms with Crippen molar-refractivity contribution in [3.63, 3.8) is 0 Å². The van der Waals surface area contributed by atoms with E-state index in [2.05, 4.69) is 17.2 Å². The number of nitrogens with zero attached hydrogens (tertiary/aromatic N) is 2. The number of rotatable bonds is 4. The number of hydrogen-bond acceptors (Lipinski definition) is 4. The van der Waals surface area contributed by atoms with Crippen molar-refractivity contribution in [2.45, 2.75) is 32.2 Å². The van der Waals surface area contributed by atoms with Crippen molar-refractivity contribution in [1.82, 2.24) is 9.88 Å². The van der Waals surface area contributed by atoms with Gasteiger partial charge in [0.1, 0.15) is 5.69 Å². The minimum atomic E-state index is -0.599. The number of hydrogen-bond donors (Lipinski definition) is 2. The van der Waals surface area contributed by atoms with Gasteiger partial charge in [0, 0.05) is 30.0 Å². The predicted octanol–water partition coefficient (Wildman–Crippen LogP) is 2.45. The van der Waals surface area contributed by atoms with E-state index in [-0.39, 0.29) is 23.2 Å². The molecule has 2 aromatic rings. The van der Waals surface area contributed by atoms with Crippen LogP contribution < -0.4 is 11.1 Å². The van der Waals surface area contributed by atoms with Crippen molar-refractivity contribution in [2.24, 2.45) is 5.73 Å². The molecule has 0 radical (unpaired) electrons. The molecule has 140 valence electrons. The summed E-state index contributed by atoms with van der Waals surface area (Å²) in [6, 6.07) is 9.94. The summed E-state index contributed by atoms with van der Waals surface area (Å²) in [6.07, 6.45) is 4.48. The number of amides is 3. The van der Waals surface area contributed by atoms with Gasteiger partial charge in [-0.1, -0.05) is 0 Å². The number of aromatic nitrogens is 1. The Morgan fingerprint density at radius 1 is 1.07 bits per heavy atom. The second-order valence-corrected chi connectivity index (χ2v) is 6.67. The quantitative estimate of drug-likeness (QED) is 0.867. The zero-order valence-corrected chi connectivity index (χ0v) is 15.1. The van der Waals surface area contributed by atoms with Crippen LogP contribution in [0, 0.1) is 0 Å². The molecule has 1 saturated heterocycles. The van der Waals surface area contributed by atoms with Crippen LogP contribution in [0.25, 0.3) is 0 Å². The summed E-state index contributed by atoms with van der Waals surface area (Å²) >= 11 is 0. The molecule has 3 amide bonds. The number of piperidine rings is 1. The molecule has 27 heavy (non-hydrogen) atoms. The van der Waals surface area contributed by atoms with Gasteiger partial charge in [-0.25, -0.2) is 0 Å². The Labute approximate surface area is 157 Å². The Hall–Kier alpha value is -3.22. The molecule has 1 aliphatic rings. The van der Waals surface area contributed by atoms with E-state index in [4.69, 9.17) is 5.73 Å². The average Bonchev–Trinajstić information content (AvgIpc) is 2.68. The number of carbonyl (C=O) groups excluding carboxylic acids is 3. The Balaban J connectivity index is 1.65. The number of nitrogens with two attached hydrogens (primary N) is 1. The number of pyridine rings is 1. The molecule has 2 heterocycles. The molecule has 0 bridgehead atoms. The van der Waals surface area contributed by atoms with Crippen molar-refractivity contribution in [2.75, 3.05) is 11.9 Å². The van der Waals surface area contributed by atoms with Crippen LogP contribution in [0.3, 0.4) is 0 Å². The summed E-state index contributed by atoms with van der Waals surface area (Å²) in [6.45, 7) is 2.85. The first-order valence-corrected chi connectivity index (χ1v) is 8.94. The first-order valence-electron chi connectivity index (χ1n) is 8.94. The summed E-state index contributed by atoms with van der Waals surface area (Å²) in [5.74, 6) is -0.990. The van der Waals surface area contributed by atoms with Crippen LogP contribution in [-0.2, 0) is 0 Å². The lowest BCUT2D eigenvalue weighted by Gasteiger charge is -2.33. The molecule has 1 aliphatic heterocycles. The molecule has 3 rings (SSSR count). The van der Waals surface area contributed by atoms with Gasteiger partial charge in [0.25, 0.3) is 11.8 Å². The third kappa shape index (κ3) is 4.31. The summed E-state index contributed by atoms with van der Waals surface area (Å²) < 4.78 is 0. The lowest BCUT2D eigenvalue weighted by molar-refractivity contribution is 0.0635. The van der Waals surface area contributed by atoms with E-state index in [1.165, 1.54) is 18.3 Å². The maximum atomic E-state index is 12.6. The standard InChI is InChI=1S/C20H22N4O3/c1-13-4-2-3-11-24(13)20(27)14-5-8-16(9-6-14)23-19(26)17-10-7-15(12-22-17)18(21)25/h5-10,12-13H,2-4,11H2,1H3,(H2,21,25)(H,23,26). The Morgan fingerprint density at radius 3 is 2.37 bits per heavy atom. The Kier molecular flexibility index (Phi) is 5.49. The first-order chi connectivity index (χ1) is 13.0. The summed E-state index contributed by atoms with van der Waals surface area (Å²) in [4.78, 5) is 41.8. The van der Waals surface area contributed by atoms with E-state index in [1.54, 1.807) is 24.3 Å². The smallest absolute Gasteiger partial charge is 0.274 e. The number of carbonyl (C=O) groups is 3. The van der Waals surface area contributed by atoms with Crippen molar-refractivity contribution >= 4 is 23.4 Å². The molecule has 0 saturated carbocycles. The summed E-state index contributed by atoms with van der Waals surface area (Å²) in [5.41, 5.74) is 6.72. The maximum absolute atomic E-state index is 12.6. The molecule has 1 atom stereocenters. The zero-order chi connectivity index (χ0) is 19.4. The van der Waals surface area contributed by atoms with E-state index in [1.807, 2.05) is 4.90 Å². The molecule has 1 fully saturated rings. The van der Waals surface area contributed by atoms with Crippen LogP contribution in [0.15, 0.2) is 42.6 Å². The minimum absolute atomic E-state index is 0.0174. The molecule has 7 nitrogen and oxygen atoms in total. The lowest BCUT2D eigenvalue weighted by atomic mass is 10.0. The third-order valence-electron chi connectivity index (χ3n) is 4.73. The highest BCUT2D eigenvalue weighted by molar-refractivity contribution is 6.03. The highest BCUT2D eigenvalue weighted by Gasteiger charge is 2.24. The molecule has 0 aliphatic carbocycles. The second kappa shape index (κ2) is 7.99. The van der Waals surface area contributed by atoms with Crippen LogP contribution in [-0.4, -0.2) is 40.2 Å². The van der Waals surface area contributed by atoms with E-state index >= 15 is 0 Å². The molecule has 3 N–H and O–H groups in total. The monoisotopic (exact) mass is 366 g/mol. The summed E-state index contributed by atoms with van der Waals surface area (Å²) in [7, 11) is 0. The van der Waals surface area contributed by atoms with Gasteiger partial charge in [-0.2, -0.15) is 0 Å². The molecule has 1 aromatic carbocycles. The topological polar surface area (TPSA) is 105 Å². The van der Waals surface area contributed by atoms with E-state index in [0.717, 1.165) is 25.8 Å². The minimum Gasteiger partial charge on any atom is -0.366 e. The second-order valence-electron chi connectivity index (χ2n) is 6.67. The van der Waals surface area contributed by atoms with Gasteiger partial charge in [-0.15, -0.1) is 0 Å². The van der Waals surface area contributed by atoms with Gasteiger partial charge in [-0.05, 0) is 62.6 Å². The zero-order valence-electron chi connectivity index (χ0n) is 15.1. The Bertz CT molecular complexity index is 847. The number of anilines is 1. The molecule has 1 unspecified atom stereocenters. The predicted molar refractivity (Wildman–Crippen MR) is 101 cm³/mol. The van der Waals surface area contributed by atoms with Gasteiger partial charge in [0.2, 0.25) is 5.91 Å². The number of primary amides is 1. The third-order valence-corrected chi connectivity index (χ3v) is 4.73. The maximum Gasteiger partial charge on any atom is 0.274 e. The first kappa shape index (κ1) is 18.6. The van der Waals surface area contributed by atoms with E-state index in [0.29, 0.717) is 11.3 Å². The normalized spacial score (nSPS) is 16.6. The van der Waals surface area contributed by atoms with Crippen LogP contribution in [0.1, 0.15) is 57.4 Å². The van der Waals surface area contributed by atoms with Crippen LogP contribution >= 0.6 is 0 Å². The van der Waals surface area contributed by atoms with Crippen molar-refractivity contribution in [1.29, 1.82) is 0 Å². The van der Waals surface area contributed by atoms with Gasteiger partial charge in [-0.3, -0.25) is 19.4 Å². The SMILES string of the molecule is CC1CCCCN1C(=O)c1ccc(NC(=O)c2ccc(C(N)=O)cn2)cc1. The van der Waals surface area contributed by atoms with Gasteiger partial charge < -0.3 is 16.0 Å². The van der Waals surface area contributed by atoms with Crippen LogP contribution in [0.4, 0.5) is 5.69 Å². The van der Waals surface area contributed by atoms with E-state index in [9.17, 15) is 14.4 Å². The fourth-order valence-corrected chi connectivity index (χ4v) is 3.13. The number of likely N-dealkylation sites (tertiary alicyclic amines) is 1. The average molecular weight is 366 g/mol. The van der Waals surface area contributed by atoms with Crippen molar-refractivity contribution in [3.05, 3.63) is 59.4 Å². The number of nitrogens with one attached hydrogen (secondary N) is 1. The van der Waals surface area contributed by atoms with E-state index < -0.39 is 11.8 Å². The molecular weight excluding hydrogens is 344 g/mol. The molecular formula is C20H22N4O3. The van der Waals surface area contributed by atoms with Crippen LogP contribution in [0.5, 0.6) is 0 Å². The van der Waals surface area contributed by atoms with Crippen LogP contribution in [0.2, 0.25) is 0 Å². The van der Waals surface area contributed by atoms with Gasteiger partial charge in [0.15, 0.2) is 0 Å². The largest absolute Gasteiger partial charge is 0.366 e. The molecule has 0 spiro atoms. The van der Waals surface area contributed by atoms with Gasteiger partial charge in [0.05, 0.1) is 5.56 Å². The Morgan fingerprint density at radius 2 is 1.78 bits per heavy atom. The molecule has 7 heteroatoms.